The molecule has 0 amide bonds. The number of rotatable bonds is 3. The number of hydrogen-bond donors (Lipinski definition) is 1. The highest BCUT2D eigenvalue weighted by Crippen LogP contribution is 2.16. The molecule has 0 aromatic heterocycles. The summed E-state index contributed by atoms with van der Waals surface area (Å²) in [6, 6.07) is 5.45. The van der Waals surface area contributed by atoms with Gasteiger partial charge >= 0.3 is 0 Å². The Morgan fingerprint density at radius 3 is 2.69 bits per heavy atom. The molecule has 1 atom stereocenters. The first kappa shape index (κ1) is 9.60. The van der Waals surface area contributed by atoms with Crippen LogP contribution in [0.1, 0.15) is 11.7 Å². The van der Waals surface area contributed by atoms with E-state index in [4.69, 9.17) is 0 Å². The van der Waals surface area contributed by atoms with E-state index in [0.29, 0.717) is 0 Å². The highest BCUT2D eigenvalue weighted by Gasteiger charge is 2.16. The lowest BCUT2D eigenvalue weighted by molar-refractivity contribution is -0.491. The van der Waals surface area contributed by atoms with Gasteiger partial charge in [0, 0.05) is 10.5 Å². The van der Waals surface area contributed by atoms with Crippen molar-refractivity contribution in [1.82, 2.24) is 0 Å². The minimum atomic E-state index is -1.38. The smallest absolute Gasteiger partial charge is 0.233 e. The average Bonchev–Trinajstić information content (AvgIpc) is 2.03. The standard InChI is InChI=1S/C8H8FNO3/c9-7-4-2-1-3-6(7)8(11)5-10(12)13/h1-4,8,11H,5H2/t8-/m1/s1. The highest BCUT2D eigenvalue weighted by molar-refractivity contribution is 5.19. The predicted molar refractivity (Wildman–Crippen MR) is 43.2 cm³/mol. The van der Waals surface area contributed by atoms with Crippen LogP contribution in [0.2, 0.25) is 0 Å². The molecule has 0 heterocycles. The van der Waals surface area contributed by atoms with Crippen molar-refractivity contribution < 1.29 is 14.4 Å². The molecule has 13 heavy (non-hydrogen) atoms. The van der Waals surface area contributed by atoms with E-state index >= 15 is 0 Å². The van der Waals surface area contributed by atoms with Crippen LogP contribution in [0.25, 0.3) is 0 Å². The molecular formula is C8H8FNO3. The van der Waals surface area contributed by atoms with Gasteiger partial charge in [0.2, 0.25) is 6.54 Å². The summed E-state index contributed by atoms with van der Waals surface area (Å²) in [6.45, 7) is -0.680. The Hall–Kier alpha value is -1.49. The molecule has 0 saturated heterocycles. The summed E-state index contributed by atoms with van der Waals surface area (Å²) >= 11 is 0. The molecule has 0 radical (unpaired) electrons. The van der Waals surface area contributed by atoms with Gasteiger partial charge in [-0.1, -0.05) is 18.2 Å². The van der Waals surface area contributed by atoms with Gasteiger partial charge in [0.05, 0.1) is 0 Å². The number of benzene rings is 1. The van der Waals surface area contributed by atoms with Crippen LogP contribution < -0.4 is 0 Å². The van der Waals surface area contributed by atoms with Crippen LogP contribution in [-0.4, -0.2) is 16.6 Å². The SMILES string of the molecule is O=[N+]([O-])C[C@@H](O)c1ccccc1F. The molecule has 0 aliphatic heterocycles. The zero-order valence-electron chi connectivity index (χ0n) is 6.68. The number of halogens is 1. The molecule has 0 unspecified atom stereocenters. The van der Waals surface area contributed by atoms with E-state index in [9.17, 15) is 19.6 Å². The van der Waals surface area contributed by atoms with E-state index in [-0.39, 0.29) is 5.56 Å². The lowest BCUT2D eigenvalue weighted by Gasteiger charge is -2.06. The van der Waals surface area contributed by atoms with E-state index in [1.807, 2.05) is 0 Å². The van der Waals surface area contributed by atoms with Gasteiger partial charge in [0.15, 0.2) is 0 Å². The number of nitrogens with zero attached hydrogens (tertiary/aromatic N) is 1. The van der Waals surface area contributed by atoms with Crippen LogP contribution in [-0.2, 0) is 0 Å². The summed E-state index contributed by atoms with van der Waals surface area (Å²) in [5.74, 6) is -0.628. The van der Waals surface area contributed by atoms with Crippen LogP contribution in [0, 0.1) is 15.9 Å². The minimum absolute atomic E-state index is 0.0424. The van der Waals surface area contributed by atoms with E-state index in [2.05, 4.69) is 0 Å². The van der Waals surface area contributed by atoms with Crippen molar-refractivity contribution in [2.24, 2.45) is 0 Å². The van der Waals surface area contributed by atoms with Gasteiger partial charge < -0.3 is 5.11 Å². The zero-order valence-corrected chi connectivity index (χ0v) is 6.68. The fourth-order valence-corrected chi connectivity index (χ4v) is 0.985. The van der Waals surface area contributed by atoms with Crippen LogP contribution in [0.3, 0.4) is 0 Å². The van der Waals surface area contributed by atoms with Crippen molar-refractivity contribution in [2.45, 2.75) is 6.10 Å². The van der Waals surface area contributed by atoms with E-state index in [1.54, 1.807) is 0 Å². The Labute approximate surface area is 73.8 Å². The fourth-order valence-electron chi connectivity index (χ4n) is 0.985. The average molecular weight is 185 g/mol. The summed E-state index contributed by atoms with van der Waals surface area (Å²) in [5.41, 5.74) is -0.0424. The largest absolute Gasteiger partial charge is 0.381 e. The summed E-state index contributed by atoms with van der Waals surface area (Å²) < 4.78 is 12.9. The number of aliphatic hydroxyl groups excluding tert-OH is 1. The summed E-state index contributed by atoms with van der Waals surface area (Å²) in [5, 5.41) is 19.2. The molecule has 1 aromatic rings. The predicted octanol–water partition coefficient (Wildman–Crippen LogP) is 1.14. The topological polar surface area (TPSA) is 63.4 Å². The first-order valence-electron chi connectivity index (χ1n) is 3.65. The van der Waals surface area contributed by atoms with Crippen LogP contribution in [0.5, 0.6) is 0 Å². The normalized spacial score (nSPS) is 12.5. The van der Waals surface area contributed by atoms with E-state index < -0.39 is 23.4 Å². The maximum Gasteiger partial charge on any atom is 0.233 e. The van der Waals surface area contributed by atoms with Crippen molar-refractivity contribution in [3.8, 4) is 0 Å². The zero-order chi connectivity index (χ0) is 9.84. The summed E-state index contributed by atoms with van der Waals surface area (Å²) in [4.78, 5) is 9.33. The summed E-state index contributed by atoms with van der Waals surface area (Å²) in [6.07, 6.45) is -1.38. The minimum Gasteiger partial charge on any atom is -0.381 e. The van der Waals surface area contributed by atoms with Gasteiger partial charge in [-0.2, -0.15) is 0 Å². The first-order valence-corrected chi connectivity index (χ1v) is 3.65. The lowest BCUT2D eigenvalue weighted by Crippen LogP contribution is -2.12. The molecular weight excluding hydrogens is 177 g/mol. The molecule has 0 saturated carbocycles. The molecule has 70 valence electrons. The second-order valence-corrected chi connectivity index (χ2v) is 2.55. The van der Waals surface area contributed by atoms with Crippen molar-refractivity contribution in [2.75, 3.05) is 6.54 Å². The van der Waals surface area contributed by atoms with E-state index in [1.165, 1.54) is 18.2 Å². The third-order valence-corrected chi connectivity index (χ3v) is 1.59. The number of nitro groups is 1. The third kappa shape index (κ3) is 2.48. The lowest BCUT2D eigenvalue weighted by atomic mass is 10.1. The molecule has 1 rings (SSSR count). The molecule has 1 aromatic carbocycles. The Morgan fingerprint density at radius 1 is 1.54 bits per heavy atom. The molecule has 5 heteroatoms. The van der Waals surface area contributed by atoms with Crippen molar-refractivity contribution in [3.05, 3.63) is 45.8 Å². The Balaban J connectivity index is 2.82. The Morgan fingerprint density at radius 2 is 2.15 bits per heavy atom. The fraction of sp³-hybridized carbons (Fsp3) is 0.250. The molecule has 0 bridgehead atoms. The number of aliphatic hydroxyl groups is 1. The first-order chi connectivity index (χ1) is 6.11. The maximum absolute atomic E-state index is 12.9. The third-order valence-electron chi connectivity index (χ3n) is 1.59. The van der Waals surface area contributed by atoms with Crippen molar-refractivity contribution in [3.63, 3.8) is 0 Å². The van der Waals surface area contributed by atoms with E-state index in [0.717, 1.165) is 6.07 Å². The number of hydrogen-bond acceptors (Lipinski definition) is 3. The molecule has 0 spiro atoms. The Kier molecular flexibility index (Phi) is 2.92. The van der Waals surface area contributed by atoms with Crippen molar-refractivity contribution in [1.29, 1.82) is 0 Å². The van der Waals surface area contributed by atoms with Gasteiger partial charge in [-0.05, 0) is 6.07 Å². The van der Waals surface area contributed by atoms with Crippen LogP contribution in [0.15, 0.2) is 24.3 Å². The molecule has 1 N–H and O–H groups in total. The molecule has 0 aliphatic carbocycles. The van der Waals surface area contributed by atoms with Gasteiger partial charge in [-0.15, -0.1) is 0 Å². The quantitative estimate of drug-likeness (QED) is 0.567. The monoisotopic (exact) mass is 185 g/mol. The van der Waals surface area contributed by atoms with Gasteiger partial charge in [0.1, 0.15) is 11.9 Å². The van der Waals surface area contributed by atoms with Crippen LogP contribution >= 0.6 is 0 Å². The van der Waals surface area contributed by atoms with Gasteiger partial charge in [-0.25, -0.2) is 4.39 Å². The Bertz CT molecular complexity index is 316. The second kappa shape index (κ2) is 3.95. The second-order valence-electron chi connectivity index (χ2n) is 2.55. The molecule has 0 aliphatic rings. The van der Waals surface area contributed by atoms with Crippen LogP contribution in [0.4, 0.5) is 4.39 Å². The van der Waals surface area contributed by atoms with Crippen molar-refractivity contribution >= 4 is 0 Å². The maximum atomic E-state index is 12.9. The highest BCUT2D eigenvalue weighted by atomic mass is 19.1. The summed E-state index contributed by atoms with van der Waals surface area (Å²) in [7, 11) is 0. The molecule has 4 nitrogen and oxygen atoms in total. The van der Waals surface area contributed by atoms with Gasteiger partial charge in [-0.3, -0.25) is 10.1 Å². The molecule has 0 fully saturated rings. The van der Waals surface area contributed by atoms with Gasteiger partial charge in [0.25, 0.3) is 0 Å².